The first-order valence-electron chi connectivity index (χ1n) is 9.57. The fraction of sp³-hybridized carbons (Fsp3) is 0.304. The Hall–Kier alpha value is -2.86. The average molecular weight is 411 g/mol. The second-order valence-electron chi connectivity index (χ2n) is 7.58. The summed E-state index contributed by atoms with van der Waals surface area (Å²) >= 11 is 1.39. The van der Waals surface area contributed by atoms with Gasteiger partial charge in [0.05, 0.1) is 12.3 Å². The average Bonchev–Trinajstić information content (AvgIpc) is 3.15. The molecule has 5 nitrogen and oxygen atoms in total. The molecule has 0 bridgehead atoms. The number of hydrogen-bond acceptors (Lipinski definition) is 5. The Balaban J connectivity index is 1.59. The van der Waals surface area contributed by atoms with Crippen molar-refractivity contribution in [1.29, 1.82) is 0 Å². The molecule has 0 aliphatic carbocycles. The summed E-state index contributed by atoms with van der Waals surface area (Å²) in [7, 11) is 0. The molecule has 1 aromatic heterocycles. The Labute approximate surface area is 175 Å². The highest BCUT2D eigenvalue weighted by Crippen LogP contribution is 2.29. The lowest BCUT2D eigenvalue weighted by atomic mass is 9.86. The summed E-state index contributed by atoms with van der Waals surface area (Å²) in [5.41, 5.74) is 3.25. The molecule has 3 rings (SSSR count). The van der Waals surface area contributed by atoms with Crippen molar-refractivity contribution in [3.8, 4) is 22.8 Å². The number of carbonyl (C=O) groups is 1. The second-order valence-corrected chi connectivity index (χ2v) is 8.44. The summed E-state index contributed by atoms with van der Waals surface area (Å²) in [6.45, 7) is 8.89. The van der Waals surface area contributed by atoms with Crippen molar-refractivity contribution in [3.05, 3.63) is 59.5 Å². The maximum absolute atomic E-state index is 12.2. The van der Waals surface area contributed by atoms with Crippen LogP contribution in [0, 0.1) is 0 Å². The molecule has 29 heavy (non-hydrogen) atoms. The molecule has 3 aromatic rings. The van der Waals surface area contributed by atoms with Gasteiger partial charge in [0.2, 0.25) is 0 Å². The minimum atomic E-state index is -0.264. The molecule has 0 atom stereocenters. The van der Waals surface area contributed by atoms with E-state index in [1.807, 2.05) is 30.5 Å². The number of nitrogens with one attached hydrogen (secondary N) is 1. The van der Waals surface area contributed by atoms with Crippen LogP contribution in [0.4, 0.5) is 5.13 Å². The SMILES string of the molecule is CCOc1ccccc1OCC(=O)Nc1nc(-c2ccc(C(C)(C)C)cc2)cs1. The molecule has 0 radical (unpaired) electrons. The van der Waals surface area contributed by atoms with E-state index in [0.29, 0.717) is 23.2 Å². The molecule has 0 aliphatic heterocycles. The Morgan fingerprint density at radius 2 is 1.69 bits per heavy atom. The number of benzene rings is 2. The van der Waals surface area contributed by atoms with Crippen LogP contribution < -0.4 is 14.8 Å². The zero-order valence-corrected chi connectivity index (χ0v) is 18.0. The number of para-hydroxylation sites is 2. The highest BCUT2D eigenvalue weighted by Gasteiger charge is 2.14. The molecule has 152 valence electrons. The number of hydrogen-bond donors (Lipinski definition) is 1. The van der Waals surface area contributed by atoms with Crippen LogP contribution in [0.5, 0.6) is 11.5 Å². The van der Waals surface area contributed by atoms with Crippen molar-refractivity contribution in [3.63, 3.8) is 0 Å². The Kier molecular flexibility index (Phi) is 6.54. The first-order valence-corrected chi connectivity index (χ1v) is 10.5. The van der Waals surface area contributed by atoms with Gasteiger partial charge in [-0.25, -0.2) is 4.98 Å². The maximum atomic E-state index is 12.2. The molecule has 0 unspecified atom stereocenters. The van der Waals surface area contributed by atoms with Crippen LogP contribution in [0.1, 0.15) is 33.3 Å². The Bertz CT molecular complexity index is 959. The van der Waals surface area contributed by atoms with Gasteiger partial charge in [0.25, 0.3) is 5.91 Å². The van der Waals surface area contributed by atoms with Crippen molar-refractivity contribution in [2.24, 2.45) is 0 Å². The van der Waals surface area contributed by atoms with E-state index in [-0.39, 0.29) is 17.9 Å². The fourth-order valence-corrected chi connectivity index (χ4v) is 3.48. The van der Waals surface area contributed by atoms with Gasteiger partial charge in [-0.1, -0.05) is 57.2 Å². The molecule has 0 saturated heterocycles. The number of anilines is 1. The third-order valence-corrected chi connectivity index (χ3v) is 5.06. The van der Waals surface area contributed by atoms with E-state index in [2.05, 4.69) is 55.3 Å². The van der Waals surface area contributed by atoms with Gasteiger partial charge in [-0.15, -0.1) is 11.3 Å². The van der Waals surface area contributed by atoms with Gasteiger partial charge < -0.3 is 9.47 Å². The topological polar surface area (TPSA) is 60.5 Å². The molecular weight excluding hydrogens is 384 g/mol. The van der Waals surface area contributed by atoms with Gasteiger partial charge in [0, 0.05) is 10.9 Å². The van der Waals surface area contributed by atoms with Crippen molar-refractivity contribution >= 4 is 22.4 Å². The summed E-state index contributed by atoms with van der Waals surface area (Å²) in [5, 5.41) is 5.28. The summed E-state index contributed by atoms with van der Waals surface area (Å²) in [6.07, 6.45) is 0. The van der Waals surface area contributed by atoms with Gasteiger partial charge in [-0.2, -0.15) is 0 Å². The predicted molar refractivity (Wildman–Crippen MR) is 118 cm³/mol. The summed E-state index contributed by atoms with van der Waals surface area (Å²) in [4.78, 5) is 16.8. The van der Waals surface area contributed by atoms with Crippen molar-refractivity contribution in [1.82, 2.24) is 4.98 Å². The number of aromatic nitrogens is 1. The number of amides is 1. The third-order valence-electron chi connectivity index (χ3n) is 4.30. The molecule has 0 fully saturated rings. The Morgan fingerprint density at radius 1 is 1.03 bits per heavy atom. The molecule has 1 heterocycles. The Morgan fingerprint density at radius 3 is 2.31 bits per heavy atom. The van der Waals surface area contributed by atoms with Crippen LogP contribution in [-0.2, 0) is 10.2 Å². The summed E-state index contributed by atoms with van der Waals surface area (Å²) in [6, 6.07) is 15.7. The molecular formula is C23H26N2O3S. The summed E-state index contributed by atoms with van der Waals surface area (Å²) < 4.78 is 11.1. The molecule has 0 aliphatic rings. The van der Waals surface area contributed by atoms with Gasteiger partial charge in [-0.05, 0) is 30.0 Å². The van der Waals surface area contributed by atoms with Gasteiger partial charge in [-0.3, -0.25) is 10.1 Å². The van der Waals surface area contributed by atoms with Crippen LogP contribution in [0.25, 0.3) is 11.3 Å². The lowest BCUT2D eigenvalue weighted by Gasteiger charge is -2.18. The second kappa shape index (κ2) is 9.09. The van der Waals surface area contributed by atoms with Crippen LogP contribution in [0.3, 0.4) is 0 Å². The highest BCUT2D eigenvalue weighted by molar-refractivity contribution is 7.14. The molecule has 6 heteroatoms. The lowest BCUT2D eigenvalue weighted by molar-refractivity contribution is -0.118. The predicted octanol–water partition coefficient (Wildman–Crippen LogP) is 5.52. The van der Waals surface area contributed by atoms with Gasteiger partial charge >= 0.3 is 0 Å². The molecule has 2 aromatic carbocycles. The molecule has 1 amide bonds. The number of rotatable bonds is 7. The zero-order chi connectivity index (χ0) is 20.9. The smallest absolute Gasteiger partial charge is 0.264 e. The fourth-order valence-electron chi connectivity index (χ4n) is 2.75. The minimum Gasteiger partial charge on any atom is -0.490 e. The normalized spacial score (nSPS) is 11.2. The van der Waals surface area contributed by atoms with Crippen molar-refractivity contribution in [2.75, 3.05) is 18.5 Å². The van der Waals surface area contributed by atoms with Crippen LogP contribution in [-0.4, -0.2) is 24.1 Å². The van der Waals surface area contributed by atoms with E-state index in [1.54, 1.807) is 6.07 Å². The van der Waals surface area contributed by atoms with Gasteiger partial charge in [0.15, 0.2) is 23.2 Å². The largest absolute Gasteiger partial charge is 0.490 e. The number of ether oxygens (including phenoxy) is 2. The van der Waals surface area contributed by atoms with Gasteiger partial charge in [0.1, 0.15) is 0 Å². The van der Waals surface area contributed by atoms with E-state index in [1.165, 1.54) is 16.9 Å². The molecule has 1 N–H and O–H groups in total. The first kappa shape index (κ1) is 20.9. The maximum Gasteiger partial charge on any atom is 0.264 e. The third kappa shape index (κ3) is 5.57. The van der Waals surface area contributed by atoms with E-state index in [9.17, 15) is 4.79 Å². The standard InChI is InChI=1S/C23H26N2O3S/c1-5-27-19-8-6-7-9-20(19)28-14-21(26)25-22-24-18(15-29-22)16-10-12-17(13-11-16)23(2,3)4/h6-13,15H,5,14H2,1-4H3,(H,24,25,26). The number of thiazole rings is 1. The van der Waals surface area contributed by atoms with Crippen LogP contribution in [0.2, 0.25) is 0 Å². The van der Waals surface area contributed by atoms with Crippen LogP contribution >= 0.6 is 11.3 Å². The lowest BCUT2D eigenvalue weighted by Crippen LogP contribution is -2.20. The minimum absolute atomic E-state index is 0.112. The molecule has 0 spiro atoms. The van der Waals surface area contributed by atoms with E-state index in [4.69, 9.17) is 9.47 Å². The first-order chi connectivity index (χ1) is 13.9. The number of nitrogens with zero attached hydrogens (tertiary/aromatic N) is 1. The van der Waals surface area contributed by atoms with Crippen molar-refractivity contribution in [2.45, 2.75) is 33.1 Å². The van der Waals surface area contributed by atoms with Crippen LogP contribution in [0.15, 0.2) is 53.9 Å². The summed E-state index contributed by atoms with van der Waals surface area (Å²) in [5.74, 6) is 0.904. The highest BCUT2D eigenvalue weighted by atomic mass is 32.1. The monoisotopic (exact) mass is 410 g/mol. The van der Waals surface area contributed by atoms with E-state index >= 15 is 0 Å². The number of carbonyl (C=O) groups excluding carboxylic acids is 1. The quantitative estimate of drug-likeness (QED) is 0.557. The molecule has 0 saturated carbocycles. The van der Waals surface area contributed by atoms with E-state index < -0.39 is 0 Å². The van der Waals surface area contributed by atoms with Crippen molar-refractivity contribution < 1.29 is 14.3 Å². The van der Waals surface area contributed by atoms with E-state index in [0.717, 1.165) is 11.3 Å². The zero-order valence-electron chi connectivity index (χ0n) is 17.2.